The molecule has 1 amide bonds. The molecule has 0 atom stereocenters. The predicted molar refractivity (Wildman–Crippen MR) is 72.2 cm³/mol. The van der Waals surface area contributed by atoms with E-state index in [-0.39, 0.29) is 5.91 Å². The zero-order chi connectivity index (χ0) is 13.7. The lowest BCUT2D eigenvalue weighted by atomic mass is 10.1. The Balaban J connectivity index is 1.94. The molecule has 19 heavy (non-hydrogen) atoms. The quantitative estimate of drug-likeness (QED) is 0.835. The van der Waals surface area contributed by atoms with Crippen molar-refractivity contribution < 1.29 is 14.3 Å². The van der Waals surface area contributed by atoms with Crippen molar-refractivity contribution in [2.75, 3.05) is 27.3 Å². The molecule has 2 rings (SSSR count). The minimum atomic E-state index is 0.0112. The topological polar surface area (TPSA) is 50.8 Å². The first-order chi connectivity index (χ1) is 9.15. The fraction of sp³-hybridized carbons (Fsp3) is 0.500. The van der Waals surface area contributed by atoms with Crippen molar-refractivity contribution in [3.05, 3.63) is 23.8 Å². The second kappa shape index (κ2) is 6.43. The minimum Gasteiger partial charge on any atom is -0.490 e. The van der Waals surface area contributed by atoms with Crippen molar-refractivity contribution >= 4 is 5.91 Å². The number of hydrazine groups is 1. The number of hydrogen-bond acceptors (Lipinski definition) is 4. The third-order valence-corrected chi connectivity index (χ3v) is 2.80. The van der Waals surface area contributed by atoms with Gasteiger partial charge in [-0.2, -0.15) is 0 Å². The van der Waals surface area contributed by atoms with E-state index in [0.29, 0.717) is 26.1 Å². The Labute approximate surface area is 113 Å². The van der Waals surface area contributed by atoms with Gasteiger partial charge in [0, 0.05) is 26.9 Å². The van der Waals surface area contributed by atoms with E-state index >= 15 is 0 Å². The summed E-state index contributed by atoms with van der Waals surface area (Å²) in [5, 5.41) is 1.65. The van der Waals surface area contributed by atoms with Crippen molar-refractivity contribution in [1.82, 2.24) is 10.4 Å². The van der Waals surface area contributed by atoms with Crippen LogP contribution in [0.1, 0.15) is 18.4 Å². The summed E-state index contributed by atoms with van der Waals surface area (Å²) in [4.78, 5) is 11.6. The Morgan fingerprint density at radius 1 is 1.26 bits per heavy atom. The fourth-order valence-corrected chi connectivity index (χ4v) is 1.93. The molecule has 0 unspecified atom stereocenters. The normalized spacial score (nSPS) is 14.1. The van der Waals surface area contributed by atoms with E-state index in [1.807, 2.05) is 18.2 Å². The van der Waals surface area contributed by atoms with E-state index in [1.54, 1.807) is 19.1 Å². The lowest BCUT2D eigenvalue weighted by Gasteiger charge is -2.12. The molecule has 0 aliphatic carbocycles. The molecule has 0 aromatic heterocycles. The first-order valence-corrected chi connectivity index (χ1v) is 6.50. The minimum absolute atomic E-state index is 0.0112. The summed E-state index contributed by atoms with van der Waals surface area (Å²) in [6.07, 6.45) is 2.05. The van der Waals surface area contributed by atoms with Crippen molar-refractivity contribution in [1.29, 1.82) is 0 Å². The van der Waals surface area contributed by atoms with Gasteiger partial charge < -0.3 is 9.47 Å². The molecule has 1 heterocycles. The largest absolute Gasteiger partial charge is 0.490 e. The van der Waals surface area contributed by atoms with E-state index in [0.717, 1.165) is 23.5 Å². The first kappa shape index (κ1) is 13.7. The van der Waals surface area contributed by atoms with Crippen LogP contribution in [0, 0.1) is 0 Å². The smallest absolute Gasteiger partial charge is 0.234 e. The van der Waals surface area contributed by atoms with E-state index in [2.05, 4.69) is 5.43 Å². The predicted octanol–water partition coefficient (Wildman–Crippen LogP) is 1.37. The van der Waals surface area contributed by atoms with Crippen molar-refractivity contribution in [3.8, 4) is 11.5 Å². The fourth-order valence-electron chi connectivity index (χ4n) is 1.93. The molecule has 104 valence electrons. The monoisotopic (exact) mass is 264 g/mol. The molecule has 1 aliphatic heterocycles. The number of aryl methyl sites for hydroxylation is 1. The molecular weight excluding hydrogens is 244 g/mol. The van der Waals surface area contributed by atoms with Gasteiger partial charge in [0.1, 0.15) is 0 Å². The number of benzene rings is 1. The van der Waals surface area contributed by atoms with Crippen LogP contribution in [0.2, 0.25) is 0 Å². The number of hydrogen-bond donors (Lipinski definition) is 1. The van der Waals surface area contributed by atoms with Crippen LogP contribution in [0.15, 0.2) is 18.2 Å². The zero-order valence-electron chi connectivity index (χ0n) is 11.4. The lowest BCUT2D eigenvalue weighted by Crippen LogP contribution is -2.36. The Morgan fingerprint density at radius 3 is 2.74 bits per heavy atom. The number of carbonyl (C=O) groups is 1. The van der Waals surface area contributed by atoms with Crippen LogP contribution in [-0.4, -0.2) is 38.2 Å². The van der Waals surface area contributed by atoms with Gasteiger partial charge in [-0.1, -0.05) is 6.07 Å². The molecule has 0 saturated carbocycles. The van der Waals surface area contributed by atoms with Gasteiger partial charge in [0.2, 0.25) is 5.91 Å². The summed E-state index contributed by atoms with van der Waals surface area (Å²) in [7, 11) is 3.59. The van der Waals surface area contributed by atoms with Crippen LogP contribution in [0.3, 0.4) is 0 Å². The number of nitrogens with zero attached hydrogens (tertiary/aromatic N) is 1. The van der Waals surface area contributed by atoms with Gasteiger partial charge in [-0.3, -0.25) is 10.2 Å². The van der Waals surface area contributed by atoms with E-state index < -0.39 is 0 Å². The molecule has 0 radical (unpaired) electrons. The summed E-state index contributed by atoms with van der Waals surface area (Å²) in [5.41, 5.74) is 3.81. The van der Waals surface area contributed by atoms with Gasteiger partial charge >= 0.3 is 0 Å². The molecule has 1 aromatic rings. The maximum Gasteiger partial charge on any atom is 0.234 e. The third-order valence-electron chi connectivity index (χ3n) is 2.80. The second-order valence-electron chi connectivity index (χ2n) is 4.76. The van der Waals surface area contributed by atoms with Crippen molar-refractivity contribution in [3.63, 3.8) is 0 Å². The molecule has 5 heteroatoms. The average molecular weight is 264 g/mol. The highest BCUT2D eigenvalue weighted by molar-refractivity contribution is 5.75. The number of nitrogens with one attached hydrogen (secondary N) is 1. The van der Waals surface area contributed by atoms with Crippen LogP contribution in [0.25, 0.3) is 0 Å². The Hall–Kier alpha value is -1.75. The summed E-state index contributed by atoms with van der Waals surface area (Å²) >= 11 is 0. The second-order valence-corrected chi connectivity index (χ2v) is 4.76. The number of rotatable bonds is 4. The third kappa shape index (κ3) is 4.13. The van der Waals surface area contributed by atoms with Gasteiger partial charge in [-0.15, -0.1) is 0 Å². The van der Waals surface area contributed by atoms with Crippen LogP contribution >= 0.6 is 0 Å². The highest BCUT2D eigenvalue weighted by Gasteiger charge is 2.11. The summed E-state index contributed by atoms with van der Waals surface area (Å²) in [5.74, 6) is 1.58. The van der Waals surface area contributed by atoms with E-state index in [9.17, 15) is 4.79 Å². The lowest BCUT2D eigenvalue weighted by molar-refractivity contribution is -0.124. The van der Waals surface area contributed by atoms with Crippen LogP contribution in [0.5, 0.6) is 11.5 Å². The highest BCUT2D eigenvalue weighted by Crippen LogP contribution is 2.30. The number of fused-ring (bicyclic) bond motifs is 1. The van der Waals surface area contributed by atoms with Crippen LogP contribution < -0.4 is 14.9 Å². The number of amides is 1. The van der Waals surface area contributed by atoms with Gasteiger partial charge in [0.05, 0.1) is 13.2 Å². The van der Waals surface area contributed by atoms with Crippen molar-refractivity contribution in [2.24, 2.45) is 0 Å². The highest BCUT2D eigenvalue weighted by atomic mass is 16.5. The van der Waals surface area contributed by atoms with Gasteiger partial charge in [-0.25, -0.2) is 5.01 Å². The Morgan fingerprint density at radius 2 is 2.00 bits per heavy atom. The molecule has 0 saturated heterocycles. The molecule has 1 N–H and O–H groups in total. The summed E-state index contributed by atoms with van der Waals surface area (Å²) < 4.78 is 11.2. The maximum absolute atomic E-state index is 11.6. The maximum atomic E-state index is 11.6. The van der Waals surface area contributed by atoms with Crippen LogP contribution in [0.4, 0.5) is 0 Å². The number of carbonyl (C=O) groups excluding carboxylic acids is 1. The molecule has 0 fully saturated rings. The molecular formula is C14H20N2O3. The van der Waals surface area contributed by atoms with Gasteiger partial charge in [-0.05, 0) is 24.1 Å². The van der Waals surface area contributed by atoms with Gasteiger partial charge in [0.15, 0.2) is 11.5 Å². The SMILES string of the molecule is CN(C)NC(=O)CCc1ccc2c(c1)OCCCO2. The molecule has 1 aliphatic rings. The first-order valence-electron chi connectivity index (χ1n) is 6.50. The average Bonchev–Trinajstić information content (AvgIpc) is 2.60. The molecule has 0 bridgehead atoms. The Bertz CT molecular complexity index is 446. The molecule has 1 aromatic carbocycles. The number of ether oxygens (including phenoxy) is 2. The zero-order valence-corrected chi connectivity index (χ0v) is 11.4. The molecule has 0 spiro atoms. The summed E-state index contributed by atoms with van der Waals surface area (Å²) in [6.45, 7) is 1.37. The van der Waals surface area contributed by atoms with Gasteiger partial charge in [0.25, 0.3) is 0 Å². The summed E-state index contributed by atoms with van der Waals surface area (Å²) in [6, 6.07) is 5.86. The Kier molecular flexibility index (Phi) is 4.63. The molecule has 5 nitrogen and oxygen atoms in total. The van der Waals surface area contributed by atoms with Crippen LogP contribution in [-0.2, 0) is 11.2 Å². The standard InChI is InChI=1S/C14H20N2O3/c1-16(2)15-14(17)7-5-11-4-6-12-13(10-11)19-9-3-8-18-12/h4,6,10H,3,5,7-9H2,1-2H3,(H,15,17). The van der Waals surface area contributed by atoms with Crippen molar-refractivity contribution in [2.45, 2.75) is 19.3 Å². The van der Waals surface area contributed by atoms with E-state index in [1.165, 1.54) is 0 Å². The van der Waals surface area contributed by atoms with E-state index in [4.69, 9.17) is 9.47 Å².